The Morgan fingerprint density at radius 1 is 1.44 bits per heavy atom. The third kappa shape index (κ3) is 3.13. The number of hydrogen-bond donors (Lipinski definition) is 2. The van der Waals surface area contributed by atoms with E-state index in [0.717, 1.165) is 0 Å². The van der Waals surface area contributed by atoms with Gasteiger partial charge >= 0.3 is 5.97 Å². The van der Waals surface area contributed by atoms with Gasteiger partial charge in [0.15, 0.2) is 11.5 Å². The van der Waals surface area contributed by atoms with Crippen LogP contribution in [-0.2, 0) is 0 Å². The van der Waals surface area contributed by atoms with Gasteiger partial charge in [0.2, 0.25) is 0 Å². The van der Waals surface area contributed by atoms with Crippen molar-refractivity contribution in [1.29, 1.82) is 0 Å². The topological polar surface area (TPSA) is 76.0 Å². The Kier molecular flexibility index (Phi) is 4.13. The molecule has 0 fully saturated rings. The van der Waals surface area contributed by atoms with Gasteiger partial charge in [0.05, 0.1) is 18.8 Å². The lowest BCUT2D eigenvalue weighted by Crippen LogP contribution is -2.13. The van der Waals surface area contributed by atoms with Gasteiger partial charge in [-0.05, 0) is 25.1 Å². The molecule has 5 heteroatoms. The van der Waals surface area contributed by atoms with E-state index in [1.807, 2.05) is 0 Å². The van der Waals surface area contributed by atoms with E-state index in [-0.39, 0.29) is 12.2 Å². The lowest BCUT2D eigenvalue weighted by Gasteiger charge is -2.12. The summed E-state index contributed by atoms with van der Waals surface area (Å²) in [5.41, 5.74) is 0.126. The molecule has 0 aliphatic carbocycles. The van der Waals surface area contributed by atoms with Crippen LogP contribution in [0.25, 0.3) is 0 Å². The van der Waals surface area contributed by atoms with E-state index in [4.69, 9.17) is 19.7 Å². The first-order valence-corrected chi connectivity index (χ1v) is 4.76. The normalized spacial score (nSPS) is 11.9. The van der Waals surface area contributed by atoms with Crippen molar-refractivity contribution >= 4 is 5.97 Å². The summed E-state index contributed by atoms with van der Waals surface area (Å²) in [6, 6.07) is 4.30. The maximum atomic E-state index is 10.7. The van der Waals surface area contributed by atoms with Crippen molar-refractivity contribution in [3.8, 4) is 11.5 Å². The quantitative estimate of drug-likeness (QED) is 0.787. The van der Waals surface area contributed by atoms with Crippen molar-refractivity contribution in [3.63, 3.8) is 0 Å². The lowest BCUT2D eigenvalue weighted by molar-refractivity contribution is 0.0696. The van der Waals surface area contributed by atoms with Gasteiger partial charge in [-0.3, -0.25) is 0 Å². The molecule has 0 saturated carbocycles. The summed E-state index contributed by atoms with van der Waals surface area (Å²) < 4.78 is 10.3. The zero-order chi connectivity index (χ0) is 12.1. The third-order valence-electron chi connectivity index (χ3n) is 1.89. The van der Waals surface area contributed by atoms with Gasteiger partial charge in [0.25, 0.3) is 0 Å². The molecule has 1 unspecified atom stereocenters. The first kappa shape index (κ1) is 12.3. The second-order valence-electron chi connectivity index (χ2n) is 3.33. The number of ether oxygens (including phenoxy) is 2. The predicted molar refractivity (Wildman–Crippen MR) is 57.1 cm³/mol. The van der Waals surface area contributed by atoms with E-state index in [1.54, 1.807) is 6.92 Å². The highest BCUT2D eigenvalue weighted by molar-refractivity contribution is 5.88. The second kappa shape index (κ2) is 5.37. The van der Waals surface area contributed by atoms with Crippen LogP contribution < -0.4 is 9.47 Å². The van der Waals surface area contributed by atoms with Crippen molar-refractivity contribution in [3.05, 3.63) is 23.8 Å². The van der Waals surface area contributed by atoms with Crippen molar-refractivity contribution < 1.29 is 24.5 Å². The van der Waals surface area contributed by atoms with Crippen LogP contribution in [0.5, 0.6) is 11.5 Å². The van der Waals surface area contributed by atoms with E-state index in [1.165, 1.54) is 25.3 Å². The fourth-order valence-corrected chi connectivity index (χ4v) is 1.13. The van der Waals surface area contributed by atoms with Crippen LogP contribution in [0.15, 0.2) is 18.2 Å². The standard InChI is InChI=1S/C11H14O5/c1-7(12)6-16-9-4-3-8(11(13)14)5-10(9)15-2/h3-5,7,12H,6H2,1-2H3,(H,13,14). The van der Waals surface area contributed by atoms with E-state index in [2.05, 4.69) is 0 Å². The molecule has 0 spiro atoms. The predicted octanol–water partition coefficient (Wildman–Crippen LogP) is 1.15. The summed E-state index contributed by atoms with van der Waals surface area (Å²) in [6.07, 6.45) is -0.594. The first-order valence-electron chi connectivity index (χ1n) is 4.76. The number of methoxy groups -OCH3 is 1. The smallest absolute Gasteiger partial charge is 0.335 e. The molecule has 2 N–H and O–H groups in total. The Labute approximate surface area is 93.2 Å². The fourth-order valence-electron chi connectivity index (χ4n) is 1.13. The van der Waals surface area contributed by atoms with Gasteiger partial charge in [-0.1, -0.05) is 0 Å². The molecule has 1 rings (SSSR count). The summed E-state index contributed by atoms with van der Waals surface area (Å²) in [4.78, 5) is 10.7. The van der Waals surface area contributed by atoms with Crippen LogP contribution in [0.1, 0.15) is 17.3 Å². The Bertz CT molecular complexity index is 373. The number of carboxylic acids is 1. The molecule has 0 aliphatic heterocycles. The minimum absolute atomic E-state index is 0.126. The number of carboxylic acid groups (broad SMARTS) is 1. The molecule has 16 heavy (non-hydrogen) atoms. The number of carbonyl (C=O) groups is 1. The number of rotatable bonds is 5. The molecular weight excluding hydrogens is 212 g/mol. The fraction of sp³-hybridized carbons (Fsp3) is 0.364. The van der Waals surface area contributed by atoms with Crippen LogP contribution in [0, 0.1) is 0 Å². The summed E-state index contributed by atoms with van der Waals surface area (Å²) in [5.74, 6) is -0.283. The number of benzene rings is 1. The van der Waals surface area contributed by atoms with E-state index in [9.17, 15) is 4.79 Å². The highest BCUT2D eigenvalue weighted by Crippen LogP contribution is 2.28. The summed E-state index contributed by atoms with van der Waals surface area (Å²) in [7, 11) is 1.43. The van der Waals surface area contributed by atoms with Crippen LogP contribution in [0.3, 0.4) is 0 Å². The van der Waals surface area contributed by atoms with Crippen molar-refractivity contribution in [2.24, 2.45) is 0 Å². The lowest BCUT2D eigenvalue weighted by atomic mass is 10.2. The molecule has 0 heterocycles. The van der Waals surface area contributed by atoms with E-state index < -0.39 is 12.1 Å². The molecule has 5 nitrogen and oxygen atoms in total. The van der Waals surface area contributed by atoms with Crippen molar-refractivity contribution in [2.45, 2.75) is 13.0 Å². The van der Waals surface area contributed by atoms with Crippen LogP contribution in [0.2, 0.25) is 0 Å². The Balaban J connectivity index is 2.89. The number of aromatic carboxylic acids is 1. The largest absolute Gasteiger partial charge is 0.493 e. The van der Waals surface area contributed by atoms with Gasteiger partial charge in [-0.25, -0.2) is 4.79 Å². The minimum Gasteiger partial charge on any atom is -0.493 e. The van der Waals surface area contributed by atoms with Crippen molar-refractivity contribution in [2.75, 3.05) is 13.7 Å². The number of hydrogen-bond acceptors (Lipinski definition) is 4. The van der Waals surface area contributed by atoms with Gasteiger partial charge in [-0.15, -0.1) is 0 Å². The molecule has 0 amide bonds. The monoisotopic (exact) mass is 226 g/mol. The second-order valence-corrected chi connectivity index (χ2v) is 3.33. The molecule has 1 atom stereocenters. The molecule has 88 valence electrons. The maximum Gasteiger partial charge on any atom is 0.335 e. The first-order chi connectivity index (χ1) is 7.54. The summed E-state index contributed by atoms with van der Waals surface area (Å²) in [6.45, 7) is 1.72. The average Bonchev–Trinajstić information content (AvgIpc) is 2.25. The number of aliphatic hydroxyl groups excluding tert-OH is 1. The molecule has 0 saturated heterocycles. The zero-order valence-electron chi connectivity index (χ0n) is 9.14. The Morgan fingerprint density at radius 2 is 2.12 bits per heavy atom. The minimum atomic E-state index is -1.03. The van der Waals surface area contributed by atoms with Gasteiger partial charge < -0.3 is 19.7 Å². The Morgan fingerprint density at radius 3 is 2.62 bits per heavy atom. The van der Waals surface area contributed by atoms with Gasteiger partial charge in [0, 0.05) is 0 Å². The number of aliphatic hydroxyl groups is 1. The highest BCUT2D eigenvalue weighted by atomic mass is 16.5. The summed E-state index contributed by atoms with van der Waals surface area (Å²) >= 11 is 0. The van der Waals surface area contributed by atoms with Crippen LogP contribution in [0.4, 0.5) is 0 Å². The van der Waals surface area contributed by atoms with E-state index in [0.29, 0.717) is 11.5 Å². The molecule has 0 aliphatic rings. The third-order valence-corrected chi connectivity index (χ3v) is 1.89. The SMILES string of the molecule is COc1cc(C(=O)O)ccc1OCC(C)O. The summed E-state index contributed by atoms with van der Waals surface area (Å²) in [5, 5.41) is 17.8. The van der Waals surface area contributed by atoms with Crippen molar-refractivity contribution in [1.82, 2.24) is 0 Å². The molecule has 0 bridgehead atoms. The van der Waals surface area contributed by atoms with Crippen LogP contribution >= 0.6 is 0 Å². The maximum absolute atomic E-state index is 10.7. The molecule has 1 aromatic carbocycles. The van der Waals surface area contributed by atoms with Gasteiger partial charge in [0.1, 0.15) is 6.61 Å². The van der Waals surface area contributed by atoms with E-state index >= 15 is 0 Å². The van der Waals surface area contributed by atoms with Gasteiger partial charge in [-0.2, -0.15) is 0 Å². The molecule has 0 radical (unpaired) electrons. The Hall–Kier alpha value is -1.75. The molecular formula is C11H14O5. The molecule has 0 aromatic heterocycles. The molecule has 1 aromatic rings. The highest BCUT2D eigenvalue weighted by Gasteiger charge is 2.10. The zero-order valence-corrected chi connectivity index (χ0v) is 9.14. The average molecular weight is 226 g/mol. The van der Waals surface area contributed by atoms with Crippen LogP contribution in [-0.4, -0.2) is 36.0 Å².